The standard InChI is InChI=1S/C32H31F4N5O3/c1-39-14-10-24(11-15-39)44-28-19-23(40-12-2-3-13-40)6-7-25(28)30(42)38-27-8-5-22(33)18-26(27)31(43)41(16-17-41)29-9-4-21(20-37-29)32(34,35)36/h4-9,16-20,24H,2-3,10-15H2,1H3/p+1. The molecule has 0 unspecified atom stereocenters. The molecule has 2 saturated heterocycles. The third-order valence-corrected chi connectivity index (χ3v) is 8.34. The quantitative estimate of drug-likeness (QED) is 0.254. The first-order valence-corrected chi connectivity index (χ1v) is 14.6. The molecule has 12 heteroatoms. The predicted molar refractivity (Wildman–Crippen MR) is 158 cm³/mol. The van der Waals surface area contributed by atoms with Gasteiger partial charge in [0, 0.05) is 50.2 Å². The molecule has 0 spiro atoms. The highest BCUT2D eigenvalue weighted by atomic mass is 19.4. The van der Waals surface area contributed by atoms with Gasteiger partial charge in [-0.15, -0.1) is 4.48 Å². The number of halogens is 4. The van der Waals surface area contributed by atoms with E-state index in [1.165, 1.54) is 18.5 Å². The zero-order valence-electron chi connectivity index (χ0n) is 24.1. The summed E-state index contributed by atoms with van der Waals surface area (Å²) in [6, 6.07) is 10.8. The summed E-state index contributed by atoms with van der Waals surface area (Å²) in [4.78, 5) is 35.8. The second kappa shape index (κ2) is 11.7. The van der Waals surface area contributed by atoms with Crippen LogP contribution in [0.15, 0.2) is 67.1 Å². The number of likely N-dealkylation sites (tertiary alicyclic amines) is 1. The number of hydrogen-bond donors (Lipinski definition) is 1. The minimum Gasteiger partial charge on any atom is -0.489 e. The van der Waals surface area contributed by atoms with Gasteiger partial charge in [-0.3, -0.25) is 4.79 Å². The SMILES string of the molecule is CN1CCC(Oc2cc(N3CCCC3)ccc2C(=O)Nc2ccc(F)cc2C(=O)[N+]2(c3ccc(C(F)(F)F)cn3)C=C2)CC1. The Hall–Kier alpha value is -4.29. The summed E-state index contributed by atoms with van der Waals surface area (Å²) in [6.45, 7) is 3.59. The number of ether oxygens (including phenoxy) is 1. The van der Waals surface area contributed by atoms with Crippen LogP contribution in [0.1, 0.15) is 52.0 Å². The summed E-state index contributed by atoms with van der Waals surface area (Å²) in [6.07, 6.45) is 2.66. The number of carbonyl (C=O) groups is 2. The fourth-order valence-corrected chi connectivity index (χ4v) is 5.67. The Morgan fingerprint density at radius 2 is 1.68 bits per heavy atom. The first-order chi connectivity index (χ1) is 21.0. The average molecular weight is 611 g/mol. The van der Waals surface area contributed by atoms with Gasteiger partial charge in [-0.25, -0.2) is 14.2 Å². The van der Waals surface area contributed by atoms with E-state index in [0.717, 1.165) is 81.8 Å². The van der Waals surface area contributed by atoms with Crippen molar-refractivity contribution in [2.75, 3.05) is 43.4 Å². The van der Waals surface area contributed by atoms with Crippen molar-refractivity contribution >= 4 is 29.0 Å². The number of rotatable bonds is 7. The van der Waals surface area contributed by atoms with Gasteiger partial charge in [0.1, 0.15) is 23.2 Å². The lowest BCUT2D eigenvalue weighted by atomic mass is 10.1. The van der Waals surface area contributed by atoms with Crippen LogP contribution in [0.4, 0.5) is 34.8 Å². The van der Waals surface area contributed by atoms with Gasteiger partial charge < -0.3 is 19.9 Å². The van der Waals surface area contributed by atoms with Crippen molar-refractivity contribution in [1.82, 2.24) is 14.4 Å². The van der Waals surface area contributed by atoms with E-state index in [4.69, 9.17) is 4.74 Å². The summed E-state index contributed by atoms with van der Waals surface area (Å²) in [5.41, 5.74) is 0.168. The third-order valence-electron chi connectivity index (χ3n) is 8.34. The van der Waals surface area contributed by atoms with E-state index in [0.29, 0.717) is 11.9 Å². The van der Waals surface area contributed by atoms with Gasteiger partial charge >= 0.3 is 12.1 Å². The molecule has 2 fully saturated rings. The Labute approximate surface area is 252 Å². The van der Waals surface area contributed by atoms with Crippen molar-refractivity contribution in [2.45, 2.75) is 38.0 Å². The second-order valence-electron chi connectivity index (χ2n) is 11.4. The number of anilines is 2. The summed E-state index contributed by atoms with van der Waals surface area (Å²) in [7, 11) is 2.05. The molecule has 0 aliphatic carbocycles. The molecule has 3 aromatic rings. The van der Waals surface area contributed by atoms with Gasteiger partial charge in [-0.2, -0.15) is 13.2 Å². The van der Waals surface area contributed by atoms with Crippen molar-refractivity contribution in [3.8, 4) is 5.75 Å². The van der Waals surface area contributed by atoms with Gasteiger partial charge in [0.05, 0.1) is 16.8 Å². The Morgan fingerprint density at radius 3 is 2.32 bits per heavy atom. The maximum atomic E-state index is 14.4. The minimum atomic E-state index is -4.59. The van der Waals surface area contributed by atoms with Gasteiger partial charge in [-0.1, -0.05) is 0 Å². The number of hydrogen-bond acceptors (Lipinski definition) is 6. The highest BCUT2D eigenvalue weighted by Crippen LogP contribution is 2.38. The molecule has 0 atom stereocenters. The molecule has 0 saturated carbocycles. The molecule has 3 aliphatic rings. The molecule has 1 N–H and O–H groups in total. The molecule has 0 bridgehead atoms. The van der Waals surface area contributed by atoms with Crippen LogP contribution in [0, 0.1) is 5.82 Å². The zero-order chi connectivity index (χ0) is 31.1. The van der Waals surface area contributed by atoms with Crippen LogP contribution in [0.25, 0.3) is 0 Å². The van der Waals surface area contributed by atoms with Crippen molar-refractivity contribution in [1.29, 1.82) is 0 Å². The number of alkyl halides is 3. The lowest BCUT2D eigenvalue weighted by molar-refractivity contribution is -0.137. The van der Waals surface area contributed by atoms with E-state index in [2.05, 4.69) is 27.1 Å². The number of quaternary nitrogens is 1. The van der Waals surface area contributed by atoms with Crippen LogP contribution in [0.3, 0.4) is 0 Å². The van der Waals surface area contributed by atoms with Crippen LogP contribution in [0.2, 0.25) is 0 Å². The molecule has 1 aromatic heterocycles. The van der Waals surface area contributed by atoms with Crippen molar-refractivity contribution in [2.24, 2.45) is 0 Å². The summed E-state index contributed by atoms with van der Waals surface area (Å²) >= 11 is 0. The molecule has 3 aliphatic heterocycles. The molecular weight excluding hydrogens is 578 g/mol. The molecule has 8 nitrogen and oxygen atoms in total. The molecule has 4 heterocycles. The minimum absolute atomic E-state index is 0.0100. The molecule has 2 amide bonds. The fraction of sp³-hybridized carbons (Fsp3) is 0.344. The highest BCUT2D eigenvalue weighted by Gasteiger charge is 2.49. The van der Waals surface area contributed by atoms with E-state index >= 15 is 0 Å². The Morgan fingerprint density at radius 1 is 0.955 bits per heavy atom. The average Bonchev–Trinajstić information content (AvgIpc) is 3.63. The summed E-state index contributed by atoms with van der Waals surface area (Å²) in [5.74, 6) is -1.50. The molecule has 0 radical (unpaired) electrons. The number of benzene rings is 2. The third kappa shape index (κ3) is 6.04. The van der Waals surface area contributed by atoms with Crippen molar-refractivity contribution in [3.63, 3.8) is 0 Å². The van der Waals surface area contributed by atoms with E-state index in [9.17, 15) is 27.2 Å². The Bertz CT molecular complexity index is 1590. The smallest absolute Gasteiger partial charge is 0.417 e. The molecule has 44 heavy (non-hydrogen) atoms. The van der Waals surface area contributed by atoms with Crippen LogP contribution in [-0.4, -0.2) is 61.0 Å². The maximum Gasteiger partial charge on any atom is 0.417 e. The molecule has 2 aromatic carbocycles. The van der Waals surface area contributed by atoms with Crippen molar-refractivity contribution in [3.05, 3.63) is 89.6 Å². The lowest BCUT2D eigenvalue weighted by Crippen LogP contribution is -2.36. The number of nitrogens with zero attached hydrogens (tertiary/aromatic N) is 4. The van der Waals surface area contributed by atoms with Gasteiger partial charge in [0.25, 0.3) is 5.91 Å². The zero-order valence-corrected chi connectivity index (χ0v) is 24.1. The highest BCUT2D eigenvalue weighted by molar-refractivity contribution is 6.14. The van der Waals surface area contributed by atoms with Gasteiger partial charge in [0.15, 0.2) is 12.4 Å². The van der Waals surface area contributed by atoms with Crippen LogP contribution < -0.4 is 19.4 Å². The first-order valence-electron chi connectivity index (χ1n) is 14.6. The number of carbonyl (C=O) groups excluding carboxylic acids is 2. The van der Waals surface area contributed by atoms with E-state index in [-0.39, 0.29) is 28.7 Å². The Balaban J connectivity index is 1.28. The molecule has 230 valence electrons. The molecule has 6 rings (SSSR count). The number of pyridine rings is 1. The number of nitrogens with one attached hydrogen (secondary N) is 1. The van der Waals surface area contributed by atoms with E-state index in [1.54, 1.807) is 6.07 Å². The number of amides is 2. The number of piperidine rings is 1. The Kier molecular flexibility index (Phi) is 7.89. The molecular formula is C32H32F4N5O3+. The fourth-order valence-electron chi connectivity index (χ4n) is 5.67. The normalized spacial score (nSPS) is 18.3. The van der Waals surface area contributed by atoms with E-state index in [1.807, 2.05) is 12.1 Å². The topological polar surface area (TPSA) is 74.8 Å². The van der Waals surface area contributed by atoms with Gasteiger partial charge in [-0.05, 0) is 69.1 Å². The van der Waals surface area contributed by atoms with E-state index < -0.39 is 33.9 Å². The van der Waals surface area contributed by atoms with Crippen LogP contribution in [0.5, 0.6) is 5.75 Å². The largest absolute Gasteiger partial charge is 0.489 e. The maximum absolute atomic E-state index is 14.4. The first kappa shape index (κ1) is 29.8. The number of aromatic nitrogens is 1. The van der Waals surface area contributed by atoms with Gasteiger partial charge in [0.2, 0.25) is 5.82 Å². The summed E-state index contributed by atoms with van der Waals surface area (Å²) < 4.78 is 59.4. The van der Waals surface area contributed by atoms with Crippen LogP contribution >= 0.6 is 0 Å². The summed E-state index contributed by atoms with van der Waals surface area (Å²) in [5, 5.41) is 2.75. The van der Waals surface area contributed by atoms with Crippen LogP contribution in [-0.2, 0) is 6.18 Å². The monoisotopic (exact) mass is 610 g/mol. The lowest BCUT2D eigenvalue weighted by Gasteiger charge is -2.30. The second-order valence-corrected chi connectivity index (χ2v) is 11.4. The predicted octanol–water partition coefficient (Wildman–Crippen LogP) is 6.20. The van der Waals surface area contributed by atoms with Crippen molar-refractivity contribution < 1.29 is 31.9 Å².